The van der Waals surface area contributed by atoms with Gasteiger partial charge in [-0.05, 0) is 53.4 Å². The lowest BCUT2D eigenvalue weighted by Crippen LogP contribution is -2.48. The molecule has 0 bridgehead atoms. The van der Waals surface area contributed by atoms with Gasteiger partial charge in [0, 0.05) is 16.6 Å². The molecule has 1 saturated heterocycles. The van der Waals surface area contributed by atoms with Crippen molar-refractivity contribution in [3.05, 3.63) is 27.1 Å². The van der Waals surface area contributed by atoms with Crippen LogP contribution in [-0.2, 0) is 14.6 Å². The number of carbonyl (C=O) groups excluding carboxylic acids is 1. The largest absolute Gasteiger partial charge is 0.483 e. The Morgan fingerprint density at radius 2 is 1.88 bits per heavy atom. The fourth-order valence-electron chi connectivity index (χ4n) is 3.69. The van der Waals surface area contributed by atoms with Gasteiger partial charge in [0.15, 0.2) is 16.4 Å². The van der Waals surface area contributed by atoms with E-state index in [9.17, 15) is 13.2 Å². The maximum absolute atomic E-state index is 12.9. The number of nitrogens with zero attached hydrogens (tertiary/aromatic N) is 1. The van der Waals surface area contributed by atoms with Crippen molar-refractivity contribution in [3.63, 3.8) is 0 Å². The fourth-order valence-corrected chi connectivity index (χ4v) is 6.56. The summed E-state index contributed by atoms with van der Waals surface area (Å²) in [6.45, 7) is -0.0761. The summed E-state index contributed by atoms with van der Waals surface area (Å²) in [5.41, 5.74) is 0. The number of hydrogen-bond donors (Lipinski definition) is 0. The first-order valence-corrected chi connectivity index (χ1v) is 11.9. The molecule has 25 heavy (non-hydrogen) atoms. The maximum atomic E-state index is 12.9. The van der Waals surface area contributed by atoms with Gasteiger partial charge in [0.2, 0.25) is 0 Å². The number of amides is 1. The van der Waals surface area contributed by atoms with Gasteiger partial charge in [0.05, 0.1) is 16.0 Å². The molecule has 138 valence electrons. The first-order chi connectivity index (χ1) is 11.9. The lowest BCUT2D eigenvalue weighted by Gasteiger charge is -2.34. The Hall–Kier alpha value is -0.600. The molecule has 1 aliphatic heterocycles. The van der Waals surface area contributed by atoms with Crippen molar-refractivity contribution in [2.75, 3.05) is 18.1 Å². The summed E-state index contributed by atoms with van der Waals surface area (Å²) in [5, 5.41) is 0. The number of halogens is 2. The molecule has 5 nitrogen and oxygen atoms in total. The highest BCUT2D eigenvalue weighted by Crippen LogP contribution is 2.31. The van der Waals surface area contributed by atoms with E-state index in [1.807, 2.05) is 17.0 Å². The van der Waals surface area contributed by atoms with Crippen molar-refractivity contribution in [2.24, 2.45) is 0 Å². The minimum atomic E-state index is -3.03. The Balaban J connectivity index is 1.70. The van der Waals surface area contributed by atoms with Crippen LogP contribution in [0.15, 0.2) is 27.1 Å². The lowest BCUT2D eigenvalue weighted by molar-refractivity contribution is -0.137. The summed E-state index contributed by atoms with van der Waals surface area (Å²) in [6.07, 6.45) is 4.61. The van der Waals surface area contributed by atoms with Crippen LogP contribution in [-0.4, -0.2) is 49.4 Å². The van der Waals surface area contributed by atoms with Crippen LogP contribution in [0.5, 0.6) is 5.75 Å². The quantitative estimate of drug-likeness (QED) is 0.627. The predicted octanol–water partition coefficient (Wildman–Crippen LogP) is 3.55. The van der Waals surface area contributed by atoms with Crippen LogP contribution < -0.4 is 4.74 Å². The first kappa shape index (κ1) is 19.2. The molecule has 1 saturated carbocycles. The van der Waals surface area contributed by atoms with E-state index < -0.39 is 9.84 Å². The predicted molar refractivity (Wildman–Crippen MR) is 103 cm³/mol. The van der Waals surface area contributed by atoms with E-state index >= 15 is 0 Å². The van der Waals surface area contributed by atoms with E-state index in [2.05, 4.69) is 31.9 Å². The van der Waals surface area contributed by atoms with Gasteiger partial charge in [-0.25, -0.2) is 8.42 Å². The van der Waals surface area contributed by atoms with Crippen molar-refractivity contribution < 1.29 is 17.9 Å². The zero-order valence-corrected chi connectivity index (χ0v) is 17.8. The van der Waals surface area contributed by atoms with Gasteiger partial charge in [0.1, 0.15) is 5.75 Å². The first-order valence-electron chi connectivity index (χ1n) is 8.45. The third-order valence-corrected chi connectivity index (χ3v) is 7.72. The summed E-state index contributed by atoms with van der Waals surface area (Å²) in [6, 6.07) is 5.43. The molecule has 0 N–H and O–H groups in total. The third kappa shape index (κ3) is 4.77. The minimum Gasteiger partial charge on any atom is -0.483 e. The highest BCUT2D eigenvalue weighted by atomic mass is 79.9. The normalized spacial score (nSPS) is 22.9. The van der Waals surface area contributed by atoms with E-state index in [0.29, 0.717) is 12.2 Å². The van der Waals surface area contributed by atoms with Crippen molar-refractivity contribution in [1.29, 1.82) is 0 Å². The number of sulfone groups is 1. The summed E-state index contributed by atoms with van der Waals surface area (Å²) in [5.74, 6) is 0.732. The van der Waals surface area contributed by atoms with E-state index in [0.717, 1.165) is 34.6 Å². The molecule has 2 aliphatic rings. The molecule has 2 fully saturated rings. The Morgan fingerprint density at radius 3 is 2.48 bits per heavy atom. The monoisotopic (exact) mass is 493 g/mol. The second-order valence-electron chi connectivity index (χ2n) is 6.66. The number of ether oxygens (including phenoxy) is 1. The zero-order valence-electron chi connectivity index (χ0n) is 13.8. The van der Waals surface area contributed by atoms with Crippen LogP contribution in [0.1, 0.15) is 32.1 Å². The van der Waals surface area contributed by atoms with E-state index in [1.54, 1.807) is 6.07 Å². The standard InChI is InChI=1S/C17H21Br2NO4S/c18-12-5-6-16(15(19)9-12)24-10-17(21)20(13-3-1-2-4-13)14-7-8-25(22,23)11-14/h5-6,9,13-14H,1-4,7-8,10-11H2/t14-/m0/s1. The maximum Gasteiger partial charge on any atom is 0.261 e. The minimum absolute atomic E-state index is 0.0761. The van der Waals surface area contributed by atoms with Crippen LogP contribution in [0.3, 0.4) is 0 Å². The molecule has 0 radical (unpaired) electrons. The molecule has 8 heteroatoms. The van der Waals surface area contributed by atoms with Crippen molar-refractivity contribution in [3.8, 4) is 5.75 Å². The molecular weight excluding hydrogens is 474 g/mol. The van der Waals surface area contributed by atoms with E-state index in [-0.39, 0.29) is 36.1 Å². The van der Waals surface area contributed by atoms with E-state index in [1.165, 1.54) is 0 Å². The van der Waals surface area contributed by atoms with Crippen LogP contribution in [0.4, 0.5) is 0 Å². The number of rotatable bonds is 5. The van der Waals surface area contributed by atoms with Gasteiger partial charge in [-0.15, -0.1) is 0 Å². The molecule has 1 amide bonds. The van der Waals surface area contributed by atoms with Crippen molar-refractivity contribution >= 4 is 47.6 Å². The molecule has 1 aromatic carbocycles. The SMILES string of the molecule is O=C(COc1ccc(Br)cc1Br)N(C1CCCC1)[C@H]1CCS(=O)(=O)C1. The fraction of sp³-hybridized carbons (Fsp3) is 0.588. The third-order valence-electron chi connectivity index (χ3n) is 4.85. The van der Waals surface area contributed by atoms with Crippen molar-refractivity contribution in [1.82, 2.24) is 4.90 Å². The summed E-state index contributed by atoms with van der Waals surface area (Å²) in [4.78, 5) is 14.7. The van der Waals surface area contributed by atoms with Crippen LogP contribution in [0.2, 0.25) is 0 Å². The summed E-state index contributed by atoms with van der Waals surface area (Å²) < 4.78 is 31.1. The Morgan fingerprint density at radius 1 is 1.16 bits per heavy atom. The highest BCUT2D eigenvalue weighted by molar-refractivity contribution is 9.11. The second kappa shape index (κ2) is 7.96. The summed E-state index contributed by atoms with van der Waals surface area (Å²) >= 11 is 6.80. The smallest absolute Gasteiger partial charge is 0.261 e. The second-order valence-corrected chi connectivity index (χ2v) is 10.7. The molecule has 1 atom stereocenters. The number of benzene rings is 1. The Labute approximate surface area is 165 Å². The van der Waals surface area contributed by atoms with Gasteiger partial charge in [-0.3, -0.25) is 4.79 Å². The summed E-state index contributed by atoms with van der Waals surface area (Å²) in [7, 11) is -3.03. The van der Waals surface area contributed by atoms with Crippen molar-refractivity contribution in [2.45, 2.75) is 44.2 Å². The number of carbonyl (C=O) groups is 1. The molecule has 0 unspecified atom stereocenters. The average molecular weight is 495 g/mol. The van der Waals surface area contributed by atoms with Gasteiger partial charge in [0.25, 0.3) is 5.91 Å². The van der Waals surface area contributed by atoms with Gasteiger partial charge >= 0.3 is 0 Å². The van der Waals surface area contributed by atoms with Crippen LogP contribution >= 0.6 is 31.9 Å². The highest BCUT2D eigenvalue weighted by Gasteiger charge is 2.39. The zero-order chi connectivity index (χ0) is 18.0. The topological polar surface area (TPSA) is 63.7 Å². The lowest BCUT2D eigenvalue weighted by atomic mass is 10.1. The molecule has 1 aliphatic carbocycles. The molecular formula is C17H21Br2NO4S. The van der Waals surface area contributed by atoms with Gasteiger partial charge in [-0.2, -0.15) is 0 Å². The van der Waals surface area contributed by atoms with Crippen LogP contribution in [0, 0.1) is 0 Å². The van der Waals surface area contributed by atoms with E-state index in [4.69, 9.17) is 4.74 Å². The van der Waals surface area contributed by atoms with Gasteiger partial charge in [-0.1, -0.05) is 28.8 Å². The molecule has 0 aromatic heterocycles. The molecule has 3 rings (SSSR count). The van der Waals surface area contributed by atoms with Crippen LogP contribution in [0.25, 0.3) is 0 Å². The molecule has 1 heterocycles. The molecule has 1 aromatic rings. The average Bonchev–Trinajstić information content (AvgIpc) is 3.17. The molecule has 0 spiro atoms. The Kier molecular flexibility index (Phi) is 6.11. The number of hydrogen-bond acceptors (Lipinski definition) is 4. The Bertz CT molecular complexity index is 747. The van der Waals surface area contributed by atoms with Gasteiger partial charge < -0.3 is 9.64 Å².